The van der Waals surface area contributed by atoms with E-state index < -0.39 is 75.8 Å². The Morgan fingerprint density at radius 3 is 1.59 bits per heavy atom. The molecule has 430 valence electrons. The van der Waals surface area contributed by atoms with E-state index in [1.54, 1.807) is 60.9 Å². The minimum absolute atomic E-state index is 0.00509. The van der Waals surface area contributed by atoms with E-state index in [4.69, 9.17) is 4.74 Å². The van der Waals surface area contributed by atoms with Crippen molar-refractivity contribution < 1.29 is 57.5 Å². The van der Waals surface area contributed by atoms with Gasteiger partial charge in [-0.15, -0.1) is 0 Å². The van der Waals surface area contributed by atoms with E-state index in [1.807, 2.05) is 0 Å². The number of hydrogen-bond acceptors (Lipinski definition) is 15. The van der Waals surface area contributed by atoms with Crippen LogP contribution < -0.4 is 37.2 Å². The molecule has 1 saturated heterocycles. The number of Topliss-reactive ketones (excluding diaryl/α,β-unsaturated/α-hetero) is 1. The number of nitrogens with zero attached hydrogens (tertiary/aromatic N) is 10. The second-order valence-electron chi connectivity index (χ2n) is 21.0. The number of fused-ring (bicyclic) bond motifs is 1. The van der Waals surface area contributed by atoms with E-state index in [0.717, 1.165) is 7.11 Å². The van der Waals surface area contributed by atoms with Crippen LogP contribution in [0.3, 0.4) is 0 Å². The molecule has 8 heterocycles. The topological polar surface area (TPSA) is 352 Å². The van der Waals surface area contributed by atoms with Crippen molar-refractivity contribution in [1.82, 2.24) is 47.6 Å². The molecule has 7 N–H and O–H groups in total. The third-order valence-corrected chi connectivity index (χ3v) is 15.1. The molecule has 2 aliphatic heterocycles. The standard InChI is InChI=1S/C54H57N17O12/c1-26(72)56-38-24-69(7)44(62-38)49(79)59-29-14-33(66(4)21-29)47(77)57-28-13-32(65(3)20-28)46(76)55-12-10-11-40(74)61-39-25-70(8)45(63-39)50(80)60-30-15-34(67(5)22-30)48(78)58-31-16-35(68(6)23-31)51(81)71-19-27-18-54(27)37(71)17-36(73)42-41(54)43(75)53(2,64-42)52(82)83-9/h13-17,20-25,27,41H,10-12,18-19H2,1-9H3,(H,55,76)(H,56,72)(H,57,77)(H,58,78)(H,59,79)(H,60,80)(H,61,74)/t27-,41?,53-,54+/m1/s1. The summed E-state index contributed by atoms with van der Waals surface area (Å²) in [6, 6.07) is 5.90. The number of methoxy groups -OCH3 is 1. The van der Waals surface area contributed by atoms with Crippen LogP contribution in [0.25, 0.3) is 0 Å². The van der Waals surface area contributed by atoms with Crippen LogP contribution in [-0.2, 0) is 71.0 Å². The number of amides is 8. The number of ether oxygens (including phenoxy) is 1. The maximum Gasteiger partial charge on any atom is 0.341 e. The zero-order valence-corrected chi connectivity index (χ0v) is 46.4. The van der Waals surface area contributed by atoms with Gasteiger partial charge >= 0.3 is 5.97 Å². The molecule has 0 radical (unpaired) electrons. The lowest BCUT2D eigenvalue weighted by atomic mass is 9.72. The maximum atomic E-state index is 14.2. The zero-order valence-electron chi connectivity index (χ0n) is 46.4. The third-order valence-electron chi connectivity index (χ3n) is 15.1. The number of hydrogen-bond donors (Lipinski definition) is 7. The van der Waals surface area contributed by atoms with E-state index in [9.17, 15) is 52.7 Å². The van der Waals surface area contributed by atoms with Crippen molar-refractivity contribution in [1.29, 1.82) is 0 Å². The van der Waals surface area contributed by atoms with Gasteiger partial charge in [-0.25, -0.2) is 14.8 Å². The third kappa shape index (κ3) is 10.2. The van der Waals surface area contributed by atoms with Crippen molar-refractivity contribution in [2.45, 2.75) is 38.6 Å². The molecule has 2 aliphatic carbocycles. The number of anilines is 6. The van der Waals surface area contributed by atoms with Gasteiger partial charge in [-0.05, 0) is 49.9 Å². The number of allylic oxidation sites excluding steroid dienone is 2. The Bertz CT molecular complexity index is 3910. The summed E-state index contributed by atoms with van der Waals surface area (Å²) in [6.07, 6.45) is 11.2. The van der Waals surface area contributed by atoms with Gasteiger partial charge in [0, 0.05) is 123 Å². The normalized spacial score (nSPS) is 19.2. The molecule has 6 aromatic heterocycles. The van der Waals surface area contributed by atoms with Crippen molar-refractivity contribution in [3.05, 3.63) is 108 Å². The highest BCUT2D eigenvalue weighted by molar-refractivity contribution is 6.52. The van der Waals surface area contributed by atoms with Gasteiger partial charge in [-0.2, -0.15) is 0 Å². The molecule has 0 bridgehead atoms. The molecular formula is C54H57N17O12. The van der Waals surface area contributed by atoms with Crippen LogP contribution in [0, 0.1) is 17.3 Å². The van der Waals surface area contributed by atoms with Gasteiger partial charge in [-0.1, -0.05) is 0 Å². The number of rotatable bonds is 17. The first kappa shape index (κ1) is 55.8. The number of ketones is 2. The summed E-state index contributed by atoms with van der Waals surface area (Å²) >= 11 is 0. The quantitative estimate of drug-likeness (QED) is 0.0391. The lowest BCUT2D eigenvalue weighted by molar-refractivity contribution is -0.150. The number of carbonyl (C=O) groups is 11. The van der Waals surface area contributed by atoms with Crippen LogP contribution in [0.2, 0.25) is 0 Å². The van der Waals surface area contributed by atoms with Gasteiger partial charge in [0.25, 0.3) is 35.4 Å². The Balaban J connectivity index is 0.675. The minimum Gasteiger partial charge on any atom is -0.467 e. The van der Waals surface area contributed by atoms with Crippen molar-refractivity contribution in [2.24, 2.45) is 64.5 Å². The number of aryl methyl sites for hydroxylation is 6. The van der Waals surface area contributed by atoms with Gasteiger partial charge in [0.2, 0.25) is 34.8 Å². The summed E-state index contributed by atoms with van der Waals surface area (Å²) in [5, 5.41) is 18.9. The highest BCUT2D eigenvalue weighted by Gasteiger charge is 2.75. The minimum atomic E-state index is -1.86. The Morgan fingerprint density at radius 2 is 1.08 bits per heavy atom. The van der Waals surface area contributed by atoms with Gasteiger partial charge < -0.3 is 74.3 Å². The van der Waals surface area contributed by atoms with Crippen LogP contribution in [0.4, 0.5) is 34.4 Å². The zero-order chi connectivity index (χ0) is 59.7. The molecule has 29 nitrogen and oxygen atoms in total. The monoisotopic (exact) mass is 1140 g/mol. The highest BCUT2D eigenvalue weighted by Crippen LogP contribution is 2.71. The summed E-state index contributed by atoms with van der Waals surface area (Å²) in [4.78, 5) is 159. The first-order valence-electron chi connectivity index (χ1n) is 25.9. The molecule has 83 heavy (non-hydrogen) atoms. The molecular weight excluding hydrogens is 1080 g/mol. The first-order chi connectivity index (χ1) is 39.3. The Morgan fingerprint density at radius 1 is 0.614 bits per heavy atom. The van der Waals surface area contributed by atoms with E-state index in [2.05, 4.69) is 52.2 Å². The number of piperidine rings is 1. The lowest BCUT2D eigenvalue weighted by Crippen LogP contribution is -2.47. The second-order valence-corrected chi connectivity index (χ2v) is 21.0. The number of imidazole rings is 2. The van der Waals surface area contributed by atoms with E-state index in [1.165, 1.54) is 95.1 Å². The van der Waals surface area contributed by atoms with Crippen molar-refractivity contribution >= 4 is 105 Å². The summed E-state index contributed by atoms with van der Waals surface area (Å²) in [5.74, 6) is -6.74. The number of likely N-dealkylation sites (tertiary alicyclic amines) is 1. The molecule has 10 rings (SSSR count). The number of aromatic nitrogens is 8. The fourth-order valence-corrected chi connectivity index (χ4v) is 11.1. The Kier molecular flexibility index (Phi) is 14.0. The van der Waals surface area contributed by atoms with Crippen LogP contribution in [-0.4, -0.2) is 139 Å². The summed E-state index contributed by atoms with van der Waals surface area (Å²) in [6.45, 7) is 3.02. The number of esters is 1. The number of aliphatic imine (C=N–C) groups is 1. The highest BCUT2D eigenvalue weighted by atomic mass is 16.5. The van der Waals surface area contributed by atoms with Crippen LogP contribution in [0.5, 0.6) is 0 Å². The summed E-state index contributed by atoms with van der Waals surface area (Å²) in [5.41, 5.74) is -0.342. The molecule has 4 atom stereocenters. The Labute approximate surface area is 471 Å². The summed E-state index contributed by atoms with van der Waals surface area (Å²) < 4.78 is 13.8. The predicted octanol–water partition coefficient (Wildman–Crippen LogP) is 2.12. The number of nitrogens with one attached hydrogen (secondary N) is 7. The van der Waals surface area contributed by atoms with Crippen LogP contribution in [0.15, 0.2) is 78.2 Å². The van der Waals surface area contributed by atoms with E-state index >= 15 is 0 Å². The van der Waals surface area contributed by atoms with Gasteiger partial charge in [0.15, 0.2) is 17.4 Å². The molecule has 8 amide bonds. The van der Waals surface area contributed by atoms with Crippen LogP contribution in [0.1, 0.15) is 96.3 Å². The van der Waals surface area contributed by atoms with E-state index in [0.29, 0.717) is 23.5 Å². The van der Waals surface area contributed by atoms with Gasteiger partial charge in [0.05, 0.1) is 41.5 Å². The van der Waals surface area contributed by atoms with Crippen molar-refractivity contribution in [2.75, 3.05) is 52.1 Å². The molecule has 4 aliphatic rings. The largest absolute Gasteiger partial charge is 0.467 e. The Hall–Kier alpha value is -10.5. The first-order valence-corrected chi connectivity index (χ1v) is 25.9. The SMILES string of the molecule is COC(=O)[C@]1(C)N=C2C(=O)C=C3N(C(=O)c4cc(NC(=O)c5cc(NC(=O)c6nc(NC(=O)CCCNC(=O)c7cc(NC(=O)c8cc(NC(=O)c9nc(NC(C)=O)cn9C)cn8C)cn7C)cn6C)cn5C)cn4C)C[C@H]4C[C@@]34C2C1=O. The smallest absolute Gasteiger partial charge is 0.341 e. The molecule has 1 unspecified atom stereocenters. The molecule has 1 saturated carbocycles. The molecule has 6 aromatic rings. The predicted molar refractivity (Wildman–Crippen MR) is 295 cm³/mol. The van der Waals surface area contributed by atoms with Gasteiger partial charge in [0.1, 0.15) is 22.8 Å². The van der Waals surface area contributed by atoms with Crippen LogP contribution >= 0.6 is 0 Å². The molecule has 2 fully saturated rings. The van der Waals surface area contributed by atoms with Crippen molar-refractivity contribution in [3.63, 3.8) is 0 Å². The average molecular weight is 1140 g/mol. The van der Waals surface area contributed by atoms with Crippen molar-refractivity contribution in [3.8, 4) is 0 Å². The van der Waals surface area contributed by atoms with E-state index in [-0.39, 0.29) is 101 Å². The molecule has 0 aromatic carbocycles. The fraction of sp³-hybridized carbons (Fsp3) is 0.333. The van der Waals surface area contributed by atoms with Gasteiger partial charge in [-0.3, -0.25) is 52.9 Å². The molecule has 29 heteroatoms. The molecule has 1 spiro atoms. The lowest BCUT2D eigenvalue weighted by Gasteiger charge is -2.32. The average Bonchev–Trinajstić information content (AvgIpc) is 1.65. The maximum absolute atomic E-state index is 14.2. The second kappa shape index (κ2) is 20.9. The fourth-order valence-electron chi connectivity index (χ4n) is 11.1. The summed E-state index contributed by atoms with van der Waals surface area (Å²) in [7, 11) is 10.8. The number of carbonyl (C=O) groups excluding carboxylic acids is 11.